The van der Waals surface area contributed by atoms with Gasteiger partial charge in [-0.3, -0.25) is 4.79 Å². The quantitative estimate of drug-likeness (QED) is 0.454. The van der Waals surface area contributed by atoms with Crippen LogP contribution in [0.1, 0.15) is 21.7 Å². The third kappa shape index (κ3) is 3.57. The van der Waals surface area contributed by atoms with Gasteiger partial charge in [-0.1, -0.05) is 45.1 Å². The molecule has 4 nitrogen and oxygen atoms in total. The number of hydrogen-bond donors (Lipinski definition) is 0. The molecule has 3 rings (SSSR count). The minimum atomic E-state index is 0.111. The summed E-state index contributed by atoms with van der Waals surface area (Å²) >= 11 is 6.38. The Morgan fingerprint density at radius 1 is 1.35 bits per heavy atom. The highest BCUT2D eigenvalue weighted by atomic mass is 79.9. The van der Waals surface area contributed by atoms with Crippen LogP contribution in [0.2, 0.25) is 0 Å². The van der Waals surface area contributed by atoms with Crippen molar-refractivity contribution in [3.63, 3.8) is 0 Å². The van der Waals surface area contributed by atoms with E-state index in [-0.39, 0.29) is 5.78 Å². The smallest absolute Gasteiger partial charge is 0.174 e. The monoisotopic (exact) mass is 407 g/mol. The van der Waals surface area contributed by atoms with Gasteiger partial charge in [0.05, 0.1) is 5.75 Å². The molecule has 1 aromatic carbocycles. The molecule has 118 valence electrons. The van der Waals surface area contributed by atoms with Gasteiger partial charge in [-0.2, -0.15) is 0 Å². The van der Waals surface area contributed by atoms with Crippen molar-refractivity contribution in [3.05, 3.63) is 57.3 Å². The van der Waals surface area contributed by atoms with Crippen LogP contribution in [0.25, 0.3) is 5.69 Å². The Labute approximate surface area is 151 Å². The van der Waals surface area contributed by atoms with Crippen molar-refractivity contribution in [3.8, 4) is 5.69 Å². The minimum absolute atomic E-state index is 0.111. The topological polar surface area (TPSA) is 47.8 Å². The van der Waals surface area contributed by atoms with E-state index in [1.54, 1.807) is 5.51 Å². The van der Waals surface area contributed by atoms with Crippen molar-refractivity contribution in [2.24, 2.45) is 0 Å². The second-order valence-corrected chi connectivity index (χ2v) is 7.99. The number of benzene rings is 1. The van der Waals surface area contributed by atoms with E-state index in [0.29, 0.717) is 5.75 Å². The van der Waals surface area contributed by atoms with Crippen molar-refractivity contribution in [1.29, 1.82) is 0 Å². The number of ketones is 1. The van der Waals surface area contributed by atoms with E-state index in [0.717, 1.165) is 31.5 Å². The van der Waals surface area contributed by atoms with Crippen LogP contribution < -0.4 is 0 Å². The molecule has 2 heterocycles. The van der Waals surface area contributed by atoms with Crippen LogP contribution in [0, 0.1) is 13.8 Å². The van der Waals surface area contributed by atoms with Gasteiger partial charge in [0.1, 0.15) is 5.51 Å². The zero-order chi connectivity index (χ0) is 16.4. The van der Waals surface area contributed by atoms with Crippen molar-refractivity contribution in [2.75, 3.05) is 5.75 Å². The Morgan fingerprint density at radius 3 is 2.87 bits per heavy atom. The van der Waals surface area contributed by atoms with Gasteiger partial charge in [0.2, 0.25) is 0 Å². The van der Waals surface area contributed by atoms with Crippen LogP contribution in [0.15, 0.2) is 44.7 Å². The van der Waals surface area contributed by atoms with Gasteiger partial charge in [0.15, 0.2) is 10.1 Å². The Morgan fingerprint density at radius 2 is 2.17 bits per heavy atom. The lowest BCUT2D eigenvalue weighted by Crippen LogP contribution is -2.05. The van der Waals surface area contributed by atoms with E-state index >= 15 is 0 Å². The maximum Gasteiger partial charge on any atom is 0.174 e. The Hall–Kier alpha value is -1.44. The third-order valence-corrected chi connectivity index (χ3v) is 5.82. The molecule has 0 unspecified atom stereocenters. The lowest BCUT2D eigenvalue weighted by molar-refractivity contribution is 0.102. The average molecular weight is 408 g/mol. The molecule has 0 bridgehead atoms. The van der Waals surface area contributed by atoms with Crippen LogP contribution in [-0.2, 0) is 0 Å². The first-order valence-corrected chi connectivity index (χ1v) is 9.59. The molecule has 2 aromatic heterocycles. The summed E-state index contributed by atoms with van der Waals surface area (Å²) in [4.78, 5) is 12.5. The summed E-state index contributed by atoms with van der Waals surface area (Å²) in [5.74, 6) is 0.484. The number of carbonyl (C=O) groups excluding carboxylic acids is 1. The van der Waals surface area contributed by atoms with Crippen LogP contribution >= 0.6 is 39.0 Å². The molecule has 0 saturated heterocycles. The molecule has 7 heteroatoms. The zero-order valence-electron chi connectivity index (χ0n) is 12.6. The lowest BCUT2D eigenvalue weighted by atomic mass is 10.2. The molecule has 0 N–H and O–H groups in total. The normalized spacial score (nSPS) is 10.9. The number of aromatic nitrogens is 3. The highest BCUT2D eigenvalue weighted by molar-refractivity contribution is 9.10. The number of thioether (sulfide) groups is 1. The summed E-state index contributed by atoms with van der Waals surface area (Å²) in [5, 5.41) is 7.74. The zero-order valence-corrected chi connectivity index (χ0v) is 15.8. The molecule has 0 amide bonds. The van der Waals surface area contributed by atoms with Crippen LogP contribution in [0.5, 0.6) is 0 Å². The fraction of sp³-hybridized carbons (Fsp3) is 0.188. The molecule has 0 saturated carbocycles. The Bertz CT molecular complexity index is 843. The van der Waals surface area contributed by atoms with Gasteiger partial charge in [-0.15, -0.1) is 10.2 Å². The molecule has 0 aliphatic carbocycles. The summed E-state index contributed by atoms with van der Waals surface area (Å²) in [6.07, 6.45) is 0. The van der Waals surface area contributed by atoms with Crippen molar-refractivity contribution in [1.82, 2.24) is 14.8 Å². The second-order valence-electron chi connectivity index (χ2n) is 5.02. The molecule has 0 fully saturated rings. The number of nitrogens with zero attached hydrogens (tertiary/aromatic N) is 3. The number of hydrogen-bond acceptors (Lipinski definition) is 5. The molecule has 0 aliphatic rings. The van der Waals surface area contributed by atoms with Crippen molar-refractivity contribution < 1.29 is 4.79 Å². The summed E-state index contributed by atoms with van der Waals surface area (Å²) in [5.41, 5.74) is 5.49. The maximum absolute atomic E-state index is 12.5. The van der Waals surface area contributed by atoms with Gasteiger partial charge >= 0.3 is 0 Å². The van der Waals surface area contributed by atoms with Gasteiger partial charge in [0, 0.05) is 27.1 Å². The van der Waals surface area contributed by atoms with E-state index in [4.69, 9.17) is 0 Å². The summed E-state index contributed by atoms with van der Waals surface area (Å²) in [7, 11) is 0. The Kier molecular flexibility index (Phi) is 4.99. The largest absolute Gasteiger partial charge is 0.318 e. The van der Waals surface area contributed by atoms with Gasteiger partial charge in [-0.05, 0) is 38.1 Å². The summed E-state index contributed by atoms with van der Waals surface area (Å²) in [6.45, 7) is 4.00. The first kappa shape index (κ1) is 16.4. The van der Waals surface area contributed by atoms with E-state index in [9.17, 15) is 4.79 Å². The van der Waals surface area contributed by atoms with Crippen molar-refractivity contribution in [2.45, 2.75) is 18.2 Å². The Balaban J connectivity index is 1.86. The fourth-order valence-electron chi connectivity index (χ4n) is 2.49. The second kappa shape index (κ2) is 6.98. The molecule has 3 aromatic rings. The van der Waals surface area contributed by atoms with Gasteiger partial charge in [-0.25, -0.2) is 0 Å². The molecule has 0 spiro atoms. The first-order chi connectivity index (χ1) is 11.1. The van der Waals surface area contributed by atoms with Crippen molar-refractivity contribution >= 4 is 44.8 Å². The van der Waals surface area contributed by atoms with Crippen LogP contribution in [0.3, 0.4) is 0 Å². The number of carbonyl (C=O) groups is 1. The van der Waals surface area contributed by atoms with Gasteiger partial charge in [0.25, 0.3) is 0 Å². The number of rotatable bonds is 5. The highest BCUT2D eigenvalue weighted by Crippen LogP contribution is 2.26. The standard InChI is InChI=1S/C16H14BrN3OS2/c1-10-6-14(15(21)8-22-16-19-18-9-23-16)11(2)20(10)13-5-3-4-12(17)7-13/h3-7,9H,8H2,1-2H3. The number of halogens is 1. The molecular weight excluding hydrogens is 394 g/mol. The fourth-order valence-corrected chi connectivity index (χ4v) is 4.25. The summed E-state index contributed by atoms with van der Waals surface area (Å²) in [6, 6.07) is 10.0. The lowest BCUT2D eigenvalue weighted by Gasteiger charge is -2.10. The van der Waals surface area contributed by atoms with E-state index in [2.05, 4.69) is 30.7 Å². The molecule has 0 radical (unpaired) electrons. The third-order valence-electron chi connectivity index (χ3n) is 3.46. The number of aryl methyl sites for hydroxylation is 1. The predicted octanol–water partition coefficient (Wildman–Crippen LogP) is 4.68. The van der Waals surface area contributed by atoms with E-state index < -0.39 is 0 Å². The number of Topliss-reactive ketones (excluding diaryl/α,β-unsaturated/α-hetero) is 1. The maximum atomic E-state index is 12.5. The molecule has 23 heavy (non-hydrogen) atoms. The van der Waals surface area contributed by atoms with Crippen LogP contribution in [-0.4, -0.2) is 26.3 Å². The average Bonchev–Trinajstić information content (AvgIpc) is 3.13. The predicted molar refractivity (Wildman–Crippen MR) is 97.9 cm³/mol. The van der Waals surface area contributed by atoms with Gasteiger partial charge < -0.3 is 4.57 Å². The van der Waals surface area contributed by atoms with E-state index in [1.165, 1.54) is 23.1 Å². The summed E-state index contributed by atoms with van der Waals surface area (Å²) < 4.78 is 3.94. The van der Waals surface area contributed by atoms with E-state index in [1.807, 2.05) is 44.2 Å². The SMILES string of the molecule is Cc1cc(C(=O)CSc2nncs2)c(C)n1-c1cccc(Br)c1. The molecule has 0 atom stereocenters. The highest BCUT2D eigenvalue weighted by Gasteiger charge is 2.17. The van der Waals surface area contributed by atoms with Crippen LogP contribution in [0.4, 0.5) is 0 Å². The molecular formula is C16H14BrN3OS2. The minimum Gasteiger partial charge on any atom is -0.318 e. The molecule has 0 aliphatic heterocycles. The first-order valence-electron chi connectivity index (χ1n) is 6.93.